The smallest absolute Gasteiger partial charge is 0.145 e. The summed E-state index contributed by atoms with van der Waals surface area (Å²) in [6.45, 7) is 0. The second kappa shape index (κ2) is 5.25. The quantitative estimate of drug-likeness (QED) is 0.884. The highest BCUT2D eigenvalue weighted by molar-refractivity contribution is 9.10. The molecule has 2 N–H and O–H groups in total. The Morgan fingerprint density at radius 2 is 2.12 bits per heavy atom. The van der Waals surface area contributed by atoms with Gasteiger partial charge < -0.3 is 10.5 Å². The van der Waals surface area contributed by atoms with Crippen molar-refractivity contribution < 1.29 is 4.74 Å². The van der Waals surface area contributed by atoms with Gasteiger partial charge in [0.25, 0.3) is 0 Å². The van der Waals surface area contributed by atoms with Gasteiger partial charge in [-0.25, -0.2) is 0 Å². The second-order valence-corrected chi connectivity index (χ2v) is 4.59. The summed E-state index contributed by atoms with van der Waals surface area (Å²) >= 11 is 8.32. The zero-order valence-corrected chi connectivity index (χ0v) is 11.2. The molecule has 0 spiro atoms. The molecule has 0 amide bonds. The molecule has 0 saturated heterocycles. The van der Waals surface area contributed by atoms with Crippen LogP contribution >= 0.6 is 28.1 Å². The van der Waals surface area contributed by atoms with Crippen LogP contribution in [0.4, 0.5) is 0 Å². The molecular weight excluding hydrogens is 300 g/mol. The van der Waals surface area contributed by atoms with Crippen LogP contribution in [0.1, 0.15) is 5.56 Å². The van der Waals surface area contributed by atoms with E-state index in [2.05, 4.69) is 20.9 Å². The molecule has 0 aliphatic rings. The second-order valence-electron chi connectivity index (χ2n) is 3.30. The van der Waals surface area contributed by atoms with E-state index >= 15 is 0 Å². The normalized spacial score (nSPS) is 9.94. The highest BCUT2D eigenvalue weighted by Crippen LogP contribution is 2.26. The summed E-state index contributed by atoms with van der Waals surface area (Å²) in [6.07, 6.45) is 3.34. The molecule has 0 bridgehead atoms. The van der Waals surface area contributed by atoms with Gasteiger partial charge in [0.05, 0.1) is 6.20 Å². The number of thiocarbonyl (C=S) groups is 1. The molecule has 2 aromatic rings. The van der Waals surface area contributed by atoms with Gasteiger partial charge in [-0.3, -0.25) is 4.98 Å². The number of benzene rings is 1. The standard InChI is InChI=1S/C12H9BrN2OS/c13-11-6-8(3-4-10(11)12(14)17)16-9-2-1-5-15-7-9/h1-7H,(H2,14,17). The Hall–Kier alpha value is -1.46. The predicted molar refractivity (Wildman–Crippen MR) is 74.3 cm³/mol. The summed E-state index contributed by atoms with van der Waals surface area (Å²) in [6, 6.07) is 9.10. The monoisotopic (exact) mass is 308 g/mol. The first-order chi connectivity index (χ1) is 8.16. The number of rotatable bonds is 3. The summed E-state index contributed by atoms with van der Waals surface area (Å²) in [5, 5.41) is 0. The third-order valence-corrected chi connectivity index (χ3v) is 2.95. The van der Waals surface area contributed by atoms with E-state index in [0.29, 0.717) is 16.5 Å². The fourth-order valence-corrected chi connectivity index (χ4v) is 2.18. The lowest BCUT2D eigenvalue weighted by Crippen LogP contribution is -2.09. The number of nitrogens with zero attached hydrogens (tertiary/aromatic N) is 1. The molecule has 0 aliphatic heterocycles. The van der Waals surface area contributed by atoms with E-state index in [0.717, 1.165) is 10.0 Å². The lowest BCUT2D eigenvalue weighted by molar-refractivity contribution is 0.480. The highest BCUT2D eigenvalue weighted by atomic mass is 79.9. The minimum atomic E-state index is 0.352. The van der Waals surface area contributed by atoms with Gasteiger partial charge in [-0.05, 0) is 46.3 Å². The van der Waals surface area contributed by atoms with Crippen molar-refractivity contribution in [1.82, 2.24) is 4.98 Å². The van der Waals surface area contributed by atoms with E-state index in [9.17, 15) is 0 Å². The maximum absolute atomic E-state index is 5.62. The predicted octanol–water partition coefficient (Wildman–Crippen LogP) is 3.27. The first-order valence-corrected chi connectivity index (χ1v) is 6.04. The van der Waals surface area contributed by atoms with Crippen LogP contribution in [0.15, 0.2) is 47.2 Å². The number of ether oxygens (including phenoxy) is 1. The summed E-state index contributed by atoms with van der Waals surface area (Å²) in [5.74, 6) is 1.38. The minimum absolute atomic E-state index is 0.352. The molecule has 0 saturated carbocycles. The van der Waals surface area contributed by atoms with E-state index in [4.69, 9.17) is 22.7 Å². The van der Waals surface area contributed by atoms with Gasteiger partial charge in [0.15, 0.2) is 0 Å². The minimum Gasteiger partial charge on any atom is -0.456 e. The zero-order valence-electron chi connectivity index (χ0n) is 8.76. The van der Waals surface area contributed by atoms with Crippen LogP contribution in [0.25, 0.3) is 0 Å². The van der Waals surface area contributed by atoms with Gasteiger partial charge in [0, 0.05) is 16.2 Å². The molecule has 3 nitrogen and oxygen atoms in total. The molecule has 1 aromatic heterocycles. The molecule has 5 heteroatoms. The number of halogens is 1. The third kappa shape index (κ3) is 3.01. The zero-order chi connectivity index (χ0) is 12.3. The Morgan fingerprint density at radius 3 is 2.71 bits per heavy atom. The Morgan fingerprint density at radius 1 is 1.29 bits per heavy atom. The van der Waals surface area contributed by atoms with Crippen molar-refractivity contribution in [2.75, 3.05) is 0 Å². The van der Waals surface area contributed by atoms with Crippen molar-refractivity contribution >= 4 is 33.1 Å². The Bertz CT molecular complexity index is 545. The molecule has 17 heavy (non-hydrogen) atoms. The van der Waals surface area contributed by atoms with Crippen LogP contribution < -0.4 is 10.5 Å². The molecule has 86 valence electrons. The molecule has 0 fully saturated rings. The van der Waals surface area contributed by atoms with Crippen LogP contribution in [0.2, 0.25) is 0 Å². The number of hydrogen-bond acceptors (Lipinski definition) is 3. The molecule has 1 heterocycles. The summed E-state index contributed by atoms with van der Waals surface area (Å²) in [4.78, 5) is 4.32. The van der Waals surface area contributed by atoms with E-state index in [1.165, 1.54) is 0 Å². The fraction of sp³-hybridized carbons (Fsp3) is 0. The van der Waals surface area contributed by atoms with Crippen LogP contribution in [-0.2, 0) is 0 Å². The number of nitrogens with two attached hydrogens (primary N) is 1. The van der Waals surface area contributed by atoms with Crippen LogP contribution in [-0.4, -0.2) is 9.97 Å². The van der Waals surface area contributed by atoms with Gasteiger partial charge in [-0.1, -0.05) is 12.2 Å². The molecule has 1 aromatic carbocycles. The summed E-state index contributed by atoms with van der Waals surface area (Å²) in [7, 11) is 0. The van der Waals surface area contributed by atoms with E-state index in [1.807, 2.05) is 30.3 Å². The first kappa shape index (κ1) is 12.0. The van der Waals surface area contributed by atoms with Gasteiger partial charge in [-0.15, -0.1) is 0 Å². The van der Waals surface area contributed by atoms with Crippen LogP contribution in [0.3, 0.4) is 0 Å². The van der Waals surface area contributed by atoms with Gasteiger partial charge in [0.1, 0.15) is 16.5 Å². The SMILES string of the molecule is NC(=S)c1ccc(Oc2cccnc2)cc1Br. The lowest BCUT2D eigenvalue weighted by atomic mass is 10.2. The molecule has 0 radical (unpaired) electrons. The topological polar surface area (TPSA) is 48.1 Å². The van der Waals surface area contributed by atoms with Gasteiger partial charge in [0.2, 0.25) is 0 Å². The van der Waals surface area contributed by atoms with Crippen molar-refractivity contribution in [1.29, 1.82) is 0 Å². The average Bonchev–Trinajstić information content (AvgIpc) is 2.30. The van der Waals surface area contributed by atoms with E-state index < -0.39 is 0 Å². The molecule has 0 aliphatic carbocycles. The number of aromatic nitrogens is 1. The number of hydrogen-bond donors (Lipinski definition) is 1. The van der Waals surface area contributed by atoms with Crippen LogP contribution in [0, 0.1) is 0 Å². The van der Waals surface area contributed by atoms with E-state index in [-0.39, 0.29) is 0 Å². The van der Waals surface area contributed by atoms with Crippen molar-refractivity contribution in [2.24, 2.45) is 5.73 Å². The molecule has 0 atom stereocenters. The maximum Gasteiger partial charge on any atom is 0.145 e. The summed E-state index contributed by atoms with van der Waals surface area (Å²) in [5.41, 5.74) is 6.36. The largest absolute Gasteiger partial charge is 0.456 e. The fourth-order valence-electron chi connectivity index (χ4n) is 1.30. The maximum atomic E-state index is 5.62. The molecular formula is C12H9BrN2OS. The first-order valence-electron chi connectivity index (χ1n) is 4.84. The Labute approximate surface area is 113 Å². The Kier molecular flexibility index (Phi) is 3.71. The highest BCUT2D eigenvalue weighted by Gasteiger charge is 2.05. The van der Waals surface area contributed by atoms with Gasteiger partial charge in [-0.2, -0.15) is 0 Å². The lowest BCUT2D eigenvalue weighted by Gasteiger charge is -2.07. The average molecular weight is 309 g/mol. The Balaban J connectivity index is 2.24. The molecule has 0 unspecified atom stereocenters. The molecule has 2 rings (SSSR count). The summed E-state index contributed by atoms with van der Waals surface area (Å²) < 4.78 is 6.43. The van der Waals surface area contributed by atoms with Crippen molar-refractivity contribution in [3.05, 3.63) is 52.8 Å². The van der Waals surface area contributed by atoms with Crippen molar-refractivity contribution in [3.8, 4) is 11.5 Å². The van der Waals surface area contributed by atoms with E-state index in [1.54, 1.807) is 12.4 Å². The van der Waals surface area contributed by atoms with Crippen LogP contribution in [0.5, 0.6) is 11.5 Å². The van der Waals surface area contributed by atoms with Crippen molar-refractivity contribution in [3.63, 3.8) is 0 Å². The van der Waals surface area contributed by atoms with Crippen molar-refractivity contribution in [2.45, 2.75) is 0 Å². The number of pyridine rings is 1. The third-order valence-electron chi connectivity index (χ3n) is 2.08. The van der Waals surface area contributed by atoms with Gasteiger partial charge >= 0.3 is 0 Å².